The van der Waals surface area contributed by atoms with Crippen LogP contribution in [-0.2, 0) is 0 Å². The molecule has 16 heavy (non-hydrogen) atoms. The first-order valence-corrected chi connectivity index (χ1v) is 7.04. The molecular formula is C14H29NO. The number of aliphatic hydroxyl groups excluding tert-OH is 1. The van der Waals surface area contributed by atoms with Gasteiger partial charge in [-0.1, -0.05) is 40.0 Å². The van der Waals surface area contributed by atoms with E-state index < -0.39 is 0 Å². The van der Waals surface area contributed by atoms with Gasteiger partial charge in [-0.25, -0.2) is 0 Å². The summed E-state index contributed by atoms with van der Waals surface area (Å²) in [6.45, 7) is 7.70. The highest BCUT2D eigenvalue weighted by Crippen LogP contribution is 2.35. The maximum atomic E-state index is 10.1. The number of hydrogen-bond acceptors (Lipinski definition) is 2. The quantitative estimate of drug-likeness (QED) is 0.731. The fraction of sp³-hybridized carbons (Fsp3) is 1.00. The Labute approximate surface area is 101 Å². The first-order valence-electron chi connectivity index (χ1n) is 7.04. The van der Waals surface area contributed by atoms with Gasteiger partial charge in [-0.15, -0.1) is 0 Å². The van der Waals surface area contributed by atoms with Gasteiger partial charge in [0.2, 0.25) is 0 Å². The predicted octanol–water partition coefficient (Wildman–Crippen LogP) is 3.10. The number of rotatable bonds is 6. The summed E-state index contributed by atoms with van der Waals surface area (Å²) in [5.41, 5.74) is 0.111. The maximum absolute atomic E-state index is 10.1. The van der Waals surface area contributed by atoms with E-state index in [1.807, 2.05) is 0 Å². The van der Waals surface area contributed by atoms with Crippen LogP contribution < -0.4 is 5.32 Å². The Balaban J connectivity index is 2.39. The van der Waals surface area contributed by atoms with Crippen molar-refractivity contribution < 1.29 is 5.11 Å². The Morgan fingerprint density at radius 3 is 2.69 bits per heavy atom. The second-order valence-electron chi connectivity index (χ2n) is 5.69. The lowest BCUT2D eigenvalue weighted by Crippen LogP contribution is -2.46. The van der Waals surface area contributed by atoms with E-state index in [0.29, 0.717) is 6.04 Å². The first-order chi connectivity index (χ1) is 7.62. The summed E-state index contributed by atoms with van der Waals surface area (Å²) in [4.78, 5) is 0. The van der Waals surface area contributed by atoms with Crippen molar-refractivity contribution in [2.75, 3.05) is 6.54 Å². The lowest BCUT2D eigenvalue weighted by molar-refractivity contribution is -0.000495. The molecule has 1 rings (SSSR count). The fourth-order valence-corrected chi connectivity index (χ4v) is 2.76. The summed E-state index contributed by atoms with van der Waals surface area (Å²) in [5, 5.41) is 13.8. The average molecular weight is 227 g/mol. The van der Waals surface area contributed by atoms with Gasteiger partial charge >= 0.3 is 0 Å². The van der Waals surface area contributed by atoms with Gasteiger partial charge in [0, 0.05) is 18.0 Å². The van der Waals surface area contributed by atoms with Crippen LogP contribution in [-0.4, -0.2) is 23.8 Å². The highest BCUT2D eigenvalue weighted by atomic mass is 16.3. The van der Waals surface area contributed by atoms with Crippen LogP contribution >= 0.6 is 0 Å². The van der Waals surface area contributed by atoms with Gasteiger partial charge in [0.1, 0.15) is 0 Å². The van der Waals surface area contributed by atoms with Gasteiger partial charge < -0.3 is 10.4 Å². The minimum absolute atomic E-state index is 0.104. The van der Waals surface area contributed by atoms with E-state index in [2.05, 4.69) is 26.1 Å². The molecule has 0 heterocycles. The molecule has 96 valence electrons. The van der Waals surface area contributed by atoms with Crippen molar-refractivity contribution in [3.8, 4) is 0 Å². The van der Waals surface area contributed by atoms with E-state index in [9.17, 15) is 5.11 Å². The molecule has 0 saturated heterocycles. The van der Waals surface area contributed by atoms with E-state index >= 15 is 0 Å². The Kier molecular flexibility index (Phi) is 5.77. The van der Waals surface area contributed by atoms with Crippen LogP contribution in [0.25, 0.3) is 0 Å². The third kappa shape index (κ3) is 3.74. The van der Waals surface area contributed by atoms with Crippen LogP contribution in [0.2, 0.25) is 0 Å². The van der Waals surface area contributed by atoms with Crippen molar-refractivity contribution in [1.29, 1.82) is 0 Å². The minimum atomic E-state index is -0.104. The summed E-state index contributed by atoms with van der Waals surface area (Å²) < 4.78 is 0. The molecule has 1 aliphatic rings. The Bertz CT molecular complexity index is 195. The highest BCUT2D eigenvalue weighted by molar-refractivity contribution is 4.88. The Morgan fingerprint density at radius 2 is 2.12 bits per heavy atom. The zero-order chi connectivity index (χ0) is 12.0. The number of aliphatic hydroxyl groups is 1. The number of hydrogen-bond donors (Lipinski definition) is 2. The number of nitrogens with one attached hydrogen (secondary N) is 1. The average Bonchev–Trinajstić information content (AvgIpc) is 2.29. The van der Waals surface area contributed by atoms with Crippen LogP contribution in [0.5, 0.6) is 0 Å². The minimum Gasteiger partial charge on any atom is -0.393 e. The summed E-state index contributed by atoms with van der Waals surface area (Å²) >= 11 is 0. The lowest BCUT2D eigenvalue weighted by atomic mass is 9.73. The molecular weight excluding hydrogens is 198 g/mol. The van der Waals surface area contributed by atoms with E-state index in [1.54, 1.807) is 0 Å². The second kappa shape index (κ2) is 6.61. The SMILES string of the molecule is CCCC(CC)NCC1(C)CCCCC1O. The molecule has 0 amide bonds. The first kappa shape index (κ1) is 14.0. The van der Waals surface area contributed by atoms with Crippen LogP contribution in [0.1, 0.15) is 65.7 Å². The molecule has 0 aromatic rings. The molecule has 1 saturated carbocycles. The van der Waals surface area contributed by atoms with Gasteiger partial charge in [-0.3, -0.25) is 0 Å². The predicted molar refractivity (Wildman–Crippen MR) is 69.6 cm³/mol. The Hall–Kier alpha value is -0.0800. The smallest absolute Gasteiger partial charge is 0.0605 e. The molecule has 2 N–H and O–H groups in total. The third-order valence-corrected chi connectivity index (χ3v) is 4.20. The van der Waals surface area contributed by atoms with Crippen LogP contribution in [0, 0.1) is 5.41 Å². The van der Waals surface area contributed by atoms with Crippen molar-refractivity contribution >= 4 is 0 Å². The van der Waals surface area contributed by atoms with Crippen molar-refractivity contribution in [2.45, 2.75) is 77.9 Å². The molecule has 0 aromatic carbocycles. The summed E-state index contributed by atoms with van der Waals surface area (Å²) in [5.74, 6) is 0. The van der Waals surface area contributed by atoms with Gasteiger partial charge in [0.15, 0.2) is 0 Å². The maximum Gasteiger partial charge on any atom is 0.0605 e. The van der Waals surface area contributed by atoms with E-state index in [4.69, 9.17) is 0 Å². The van der Waals surface area contributed by atoms with Crippen LogP contribution in [0.15, 0.2) is 0 Å². The van der Waals surface area contributed by atoms with Crippen LogP contribution in [0.3, 0.4) is 0 Å². The van der Waals surface area contributed by atoms with Crippen LogP contribution in [0.4, 0.5) is 0 Å². The van der Waals surface area contributed by atoms with Crippen molar-refractivity contribution in [3.05, 3.63) is 0 Å². The van der Waals surface area contributed by atoms with Gasteiger partial charge in [-0.05, 0) is 25.7 Å². The van der Waals surface area contributed by atoms with Gasteiger partial charge in [-0.2, -0.15) is 0 Å². The molecule has 0 aliphatic heterocycles. The fourth-order valence-electron chi connectivity index (χ4n) is 2.76. The molecule has 3 unspecified atom stereocenters. The van der Waals surface area contributed by atoms with E-state index in [0.717, 1.165) is 13.0 Å². The van der Waals surface area contributed by atoms with Crippen molar-refractivity contribution in [2.24, 2.45) is 5.41 Å². The van der Waals surface area contributed by atoms with Crippen molar-refractivity contribution in [3.63, 3.8) is 0 Å². The monoisotopic (exact) mass is 227 g/mol. The normalized spacial score (nSPS) is 32.6. The summed E-state index contributed by atoms with van der Waals surface area (Å²) in [6.07, 6.45) is 8.22. The zero-order valence-corrected chi connectivity index (χ0v) is 11.3. The van der Waals surface area contributed by atoms with E-state index in [-0.39, 0.29) is 11.5 Å². The molecule has 3 atom stereocenters. The highest BCUT2D eigenvalue weighted by Gasteiger charge is 2.35. The van der Waals surface area contributed by atoms with Gasteiger partial charge in [0.25, 0.3) is 0 Å². The molecule has 2 nitrogen and oxygen atoms in total. The molecule has 1 aliphatic carbocycles. The molecule has 2 heteroatoms. The molecule has 1 fully saturated rings. The largest absolute Gasteiger partial charge is 0.393 e. The van der Waals surface area contributed by atoms with Gasteiger partial charge in [0.05, 0.1) is 6.10 Å². The third-order valence-electron chi connectivity index (χ3n) is 4.20. The molecule has 0 aromatic heterocycles. The standard InChI is InChI=1S/C14H29NO/c1-4-8-12(5-2)15-11-14(3)10-7-6-9-13(14)16/h12-13,15-16H,4-11H2,1-3H3. The summed E-state index contributed by atoms with van der Waals surface area (Å²) in [6, 6.07) is 0.635. The lowest BCUT2D eigenvalue weighted by Gasteiger charge is -2.39. The zero-order valence-electron chi connectivity index (χ0n) is 11.3. The second-order valence-corrected chi connectivity index (χ2v) is 5.69. The van der Waals surface area contributed by atoms with E-state index in [1.165, 1.54) is 38.5 Å². The molecule has 0 spiro atoms. The molecule has 0 bridgehead atoms. The summed E-state index contributed by atoms with van der Waals surface area (Å²) in [7, 11) is 0. The van der Waals surface area contributed by atoms with Crippen molar-refractivity contribution in [1.82, 2.24) is 5.32 Å². The topological polar surface area (TPSA) is 32.3 Å². The molecule has 0 radical (unpaired) electrons. The Morgan fingerprint density at radius 1 is 1.38 bits per heavy atom.